The Morgan fingerprint density at radius 3 is 0.951 bits per heavy atom. The van der Waals surface area contributed by atoms with Gasteiger partial charge >= 0.3 is 0 Å². The maximum Gasteiger partial charge on any atom is 0.185 e. The van der Waals surface area contributed by atoms with Gasteiger partial charge in [-0.05, 0) is 22.3 Å². The van der Waals surface area contributed by atoms with Crippen molar-refractivity contribution in [2.75, 3.05) is 14.2 Å². The van der Waals surface area contributed by atoms with Gasteiger partial charge in [-0.3, -0.25) is 0 Å². The molecule has 6 rings (SSSR count). The van der Waals surface area contributed by atoms with E-state index in [0.29, 0.717) is 0 Å². The lowest BCUT2D eigenvalue weighted by Gasteiger charge is -2.46. The first-order valence-electron chi connectivity index (χ1n) is 13.9. The molecule has 0 radical (unpaired) electrons. The average Bonchev–Trinajstić information content (AvgIpc) is 3.51. The van der Waals surface area contributed by atoms with Crippen molar-refractivity contribution in [3.63, 3.8) is 0 Å². The molecule has 5 aromatic carbocycles. The first-order valence-corrected chi connectivity index (χ1v) is 13.9. The minimum atomic E-state index is -1.02. The second kappa shape index (κ2) is 11.8. The number of rotatable bonds is 9. The highest BCUT2D eigenvalue weighted by molar-refractivity contribution is 5.44. The molecule has 1 fully saturated rings. The smallest absolute Gasteiger partial charge is 0.185 e. The molecule has 0 unspecified atom stereocenters. The molecule has 5 aromatic rings. The molecule has 2 atom stereocenters. The Morgan fingerprint density at radius 1 is 0.415 bits per heavy atom. The zero-order valence-corrected chi connectivity index (χ0v) is 23.3. The van der Waals surface area contributed by atoms with E-state index >= 15 is 0 Å². The van der Waals surface area contributed by atoms with E-state index in [2.05, 4.69) is 48.5 Å². The second-order valence-corrected chi connectivity index (χ2v) is 10.2. The molecule has 1 aliphatic heterocycles. The van der Waals surface area contributed by atoms with Gasteiger partial charge in [0.05, 0.1) is 0 Å². The predicted molar refractivity (Wildman–Crippen MR) is 160 cm³/mol. The highest BCUT2D eigenvalue weighted by Gasteiger charge is 2.61. The van der Waals surface area contributed by atoms with Crippen molar-refractivity contribution in [1.82, 2.24) is 0 Å². The predicted octanol–water partition coefficient (Wildman–Crippen LogP) is 7.65. The van der Waals surface area contributed by atoms with Crippen LogP contribution in [0.3, 0.4) is 0 Å². The van der Waals surface area contributed by atoms with Crippen LogP contribution < -0.4 is 0 Å². The highest BCUT2D eigenvalue weighted by atomic mass is 16.7. The van der Waals surface area contributed by atoms with E-state index in [1.165, 1.54) is 0 Å². The van der Waals surface area contributed by atoms with E-state index in [1.807, 2.05) is 103 Å². The Kier molecular flexibility index (Phi) is 7.82. The minimum absolute atomic E-state index is 0.622. The van der Waals surface area contributed by atoms with Gasteiger partial charge < -0.3 is 18.9 Å². The van der Waals surface area contributed by atoms with Crippen LogP contribution in [0.4, 0.5) is 0 Å². The molecule has 0 aliphatic carbocycles. The van der Waals surface area contributed by atoms with Crippen LogP contribution in [0.1, 0.15) is 34.1 Å². The van der Waals surface area contributed by atoms with Gasteiger partial charge in [0.15, 0.2) is 6.29 Å². The zero-order chi connectivity index (χ0) is 28.1. The van der Waals surface area contributed by atoms with Crippen LogP contribution in [0.2, 0.25) is 0 Å². The van der Waals surface area contributed by atoms with Gasteiger partial charge in [0.25, 0.3) is 0 Å². The molecular formula is C37H34O4. The van der Waals surface area contributed by atoms with Gasteiger partial charge in [0.2, 0.25) is 0 Å². The summed E-state index contributed by atoms with van der Waals surface area (Å²) in [5.41, 5.74) is 2.74. The second-order valence-electron chi connectivity index (χ2n) is 10.2. The maximum absolute atomic E-state index is 7.05. The Bertz CT molecular complexity index is 1330. The third-order valence-electron chi connectivity index (χ3n) is 8.14. The fourth-order valence-electron chi connectivity index (χ4n) is 6.26. The molecule has 0 bridgehead atoms. The van der Waals surface area contributed by atoms with Crippen molar-refractivity contribution in [2.45, 2.75) is 29.7 Å². The molecule has 4 nitrogen and oxygen atoms in total. The van der Waals surface area contributed by atoms with Gasteiger partial charge in [0.1, 0.15) is 23.4 Å². The maximum atomic E-state index is 7.05. The molecule has 0 aromatic heterocycles. The minimum Gasteiger partial charge on any atom is -0.366 e. The molecule has 0 saturated carbocycles. The van der Waals surface area contributed by atoms with Crippen LogP contribution in [0.25, 0.3) is 0 Å². The molecule has 0 amide bonds. The molecule has 41 heavy (non-hydrogen) atoms. The summed E-state index contributed by atoms with van der Waals surface area (Å²) in [6.45, 7) is 0. The third kappa shape index (κ3) is 4.69. The Morgan fingerprint density at radius 2 is 0.683 bits per heavy atom. The molecule has 206 valence electrons. The van der Waals surface area contributed by atoms with Crippen molar-refractivity contribution in [3.8, 4) is 0 Å². The summed E-state index contributed by atoms with van der Waals surface area (Å²) in [6.07, 6.45) is -1.89. The van der Waals surface area contributed by atoms with E-state index in [0.717, 1.165) is 27.8 Å². The van der Waals surface area contributed by atoms with Gasteiger partial charge in [-0.2, -0.15) is 0 Å². The van der Waals surface area contributed by atoms with Crippen LogP contribution in [0.15, 0.2) is 152 Å². The van der Waals surface area contributed by atoms with Crippen molar-refractivity contribution >= 4 is 0 Å². The number of ether oxygens (including phenoxy) is 4. The fraction of sp³-hybridized carbons (Fsp3) is 0.189. The van der Waals surface area contributed by atoms with Gasteiger partial charge in [-0.25, -0.2) is 0 Å². The van der Waals surface area contributed by atoms with Crippen LogP contribution in [0, 0.1) is 0 Å². The SMILES string of the molecule is COC(c1ccccc1)(c1ccccc1)[C@@H]1OC(c2ccccc2)O[C@H]1C(OC)(c1ccccc1)c1ccccc1. The van der Waals surface area contributed by atoms with Gasteiger partial charge in [-0.15, -0.1) is 0 Å². The van der Waals surface area contributed by atoms with Crippen molar-refractivity contribution in [2.24, 2.45) is 0 Å². The van der Waals surface area contributed by atoms with Crippen molar-refractivity contribution < 1.29 is 18.9 Å². The number of benzene rings is 5. The van der Waals surface area contributed by atoms with E-state index in [4.69, 9.17) is 18.9 Å². The fourth-order valence-corrected chi connectivity index (χ4v) is 6.26. The lowest BCUT2D eigenvalue weighted by molar-refractivity contribution is -0.136. The Labute approximate surface area is 242 Å². The Hall–Kier alpha value is -4.06. The topological polar surface area (TPSA) is 36.9 Å². The van der Waals surface area contributed by atoms with Gasteiger partial charge in [-0.1, -0.05) is 152 Å². The quantitative estimate of drug-likeness (QED) is 0.192. The summed E-state index contributed by atoms with van der Waals surface area (Å²) in [6, 6.07) is 51.1. The highest BCUT2D eigenvalue weighted by Crippen LogP contribution is 2.53. The first-order chi connectivity index (χ1) is 20.2. The number of hydrogen-bond donors (Lipinski definition) is 0. The summed E-state index contributed by atoms with van der Waals surface area (Å²) < 4.78 is 27.4. The molecular weight excluding hydrogens is 508 g/mol. The first kappa shape index (κ1) is 27.1. The summed E-state index contributed by atoms with van der Waals surface area (Å²) in [5, 5.41) is 0. The normalized spacial score (nSPS) is 17.9. The molecule has 4 heteroatoms. The van der Waals surface area contributed by atoms with E-state index < -0.39 is 29.7 Å². The number of hydrogen-bond acceptors (Lipinski definition) is 4. The molecule has 1 aliphatic rings. The van der Waals surface area contributed by atoms with Gasteiger partial charge in [0, 0.05) is 19.8 Å². The lowest BCUT2D eigenvalue weighted by atomic mass is 9.71. The molecule has 1 heterocycles. The lowest BCUT2D eigenvalue weighted by Crippen LogP contribution is -2.56. The van der Waals surface area contributed by atoms with Crippen LogP contribution in [-0.2, 0) is 30.1 Å². The molecule has 0 N–H and O–H groups in total. The van der Waals surface area contributed by atoms with Crippen molar-refractivity contribution in [3.05, 3.63) is 179 Å². The van der Waals surface area contributed by atoms with Crippen LogP contribution in [0.5, 0.6) is 0 Å². The van der Waals surface area contributed by atoms with E-state index in [1.54, 1.807) is 14.2 Å². The zero-order valence-electron chi connectivity index (χ0n) is 23.3. The van der Waals surface area contributed by atoms with E-state index in [-0.39, 0.29) is 0 Å². The molecule has 0 spiro atoms. The summed E-state index contributed by atoms with van der Waals surface area (Å²) in [5.74, 6) is 0. The van der Waals surface area contributed by atoms with E-state index in [9.17, 15) is 0 Å². The van der Waals surface area contributed by atoms with Crippen LogP contribution >= 0.6 is 0 Å². The summed E-state index contributed by atoms with van der Waals surface area (Å²) in [4.78, 5) is 0. The van der Waals surface area contributed by atoms with Crippen LogP contribution in [-0.4, -0.2) is 26.4 Å². The third-order valence-corrected chi connectivity index (χ3v) is 8.14. The monoisotopic (exact) mass is 542 g/mol. The largest absolute Gasteiger partial charge is 0.366 e. The molecule has 1 saturated heterocycles. The van der Waals surface area contributed by atoms with Crippen molar-refractivity contribution in [1.29, 1.82) is 0 Å². The summed E-state index contributed by atoms with van der Waals surface area (Å²) in [7, 11) is 3.49. The average molecular weight is 543 g/mol. The summed E-state index contributed by atoms with van der Waals surface area (Å²) >= 11 is 0. The number of methoxy groups -OCH3 is 2. The Balaban J connectivity index is 1.64. The standard InChI is InChI=1S/C37H34O4/c1-38-36(29-20-10-4-11-21-29,30-22-12-5-13-23-30)33-34(41-35(40-33)28-18-8-3-9-19-28)37(39-2,31-24-14-6-15-25-31)32-26-16-7-17-27-32/h3-27,33-35H,1-2H3/t33-,34-/m1/s1.